The second kappa shape index (κ2) is 5.10. The molecule has 3 nitrogen and oxygen atoms in total. The molecule has 0 unspecified atom stereocenters. The van der Waals surface area contributed by atoms with Crippen LogP contribution < -0.4 is 0 Å². The number of rotatable bonds is 1. The van der Waals surface area contributed by atoms with E-state index in [9.17, 15) is 13.6 Å². The number of halogens is 3. The van der Waals surface area contributed by atoms with Gasteiger partial charge in [-0.15, -0.1) is 0 Å². The SMILES string of the molecule is O=C(c1c(F)cc(Br)cc1F)N1CCCCO1. The Bertz CT molecular complexity index is 424. The molecule has 0 spiro atoms. The highest BCUT2D eigenvalue weighted by molar-refractivity contribution is 9.10. The lowest BCUT2D eigenvalue weighted by Gasteiger charge is -2.26. The number of benzene rings is 1. The maximum atomic E-state index is 13.5. The topological polar surface area (TPSA) is 29.5 Å². The average molecular weight is 306 g/mol. The molecule has 1 aromatic rings. The largest absolute Gasteiger partial charge is 0.283 e. The van der Waals surface area contributed by atoms with Crippen molar-refractivity contribution in [1.82, 2.24) is 5.06 Å². The molecule has 1 aromatic carbocycles. The molecule has 1 aliphatic heterocycles. The molecule has 1 amide bonds. The highest BCUT2D eigenvalue weighted by Gasteiger charge is 2.25. The molecule has 1 fully saturated rings. The molecule has 0 atom stereocenters. The molecule has 0 aromatic heterocycles. The van der Waals surface area contributed by atoms with E-state index >= 15 is 0 Å². The summed E-state index contributed by atoms with van der Waals surface area (Å²) < 4.78 is 27.3. The maximum absolute atomic E-state index is 13.5. The van der Waals surface area contributed by atoms with Gasteiger partial charge in [0.05, 0.1) is 6.61 Å². The zero-order valence-electron chi connectivity index (χ0n) is 8.88. The van der Waals surface area contributed by atoms with Crippen molar-refractivity contribution in [3.8, 4) is 0 Å². The summed E-state index contributed by atoms with van der Waals surface area (Å²) in [7, 11) is 0. The number of nitrogens with zero attached hydrogens (tertiary/aromatic N) is 1. The zero-order valence-corrected chi connectivity index (χ0v) is 10.5. The van der Waals surface area contributed by atoms with E-state index in [0.717, 1.165) is 30.0 Å². The summed E-state index contributed by atoms with van der Waals surface area (Å²) in [5.41, 5.74) is -0.574. The van der Waals surface area contributed by atoms with Crippen LogP contribution in [0.4, 0.5) is 8.78 Å². The molecule has 1 aliphatic rings. The third-order valence-electron chi connectivity index (χ3n) is 2.45. The Balaban J connectivity index is 2.30. The van der Waals surface area contributed by atoms with Gasteiger partial charge in [-0.05, 0) is 25.0 Å². The Morgan fingerprint density at radius 1 is 1.29 bits per heavy atom. The first kappa shape index (κ1) is 12.4. The van der Waals surface area contributed by atoms with Crippen LogP contribution in [0.1, 0.15) is 23.2 Å². The summed E-state index contributed by atoms with van der Waals surface area (Å²) >= 11 is 2.96. The maximum Gasteiger partial charge on any atom is 0.283 e. The minimum absolute atomic E-state index is 0.253. The standard InChI is InChI=1S/C11H10BrF2NO2/c12-7-5-8(13)10(9(14)6-7)11(16)15-3-1-2-4-17-15/h5-6H,1-4H2. The fraction of sp³-hybridized carbons (Fsp3) is 0.364. The molecule has 0 saturated carbocycles. The summed E-state index contributed by atoms with van der Waals surface area (Å²) in [6.07, 6.45) is 1.61. The average Bonchev–Trinajstić information content (AvgIpc) is 2.28. The molecule has 0 N–H and O–H groups in total. The summed E-state index contributed by atoms with van der Waals surface area (Å²) in [4.78, 5) is 16.9. The summed E-state index contributed by atoms with van der Waals surface area (Å²) in [5, 5.41) is 1.01. The number of carbonyl (C=O) groups is 1. The molecule has 0 bridgehead atoms. The Morgan fingerprint density at radius 3 is 2.47 bits per heavy atom. The monoisotopic (exact) mass is 305 g/mol. The van der Waals surface area contributed by atoms with Crippen LogP contribution >= 0.6 is 15.9 Å². The highest BCUT2D eigenvalue weighted by atomic mass is 79.9. The van der Waals surface area contributed by atoms with Gasteiger partial charge in [0.15, 0.2) is 0 Å². The van der Waals surface area contributed by atoms with E-state index in [1.165, 1.54) is 0 Å². The lowest BCUT2D eigenvalue weighted by molar-refractivity contribution is -0.144. The van der Waals surface area contributed by atoms with E-state index in [0.29, 0.717) is 13.2 Å². The molecule has 17 heavy (non-hydrogen) atoms. The lowest BCUT2D eigenvalue weighted by Crippen LogP contribution is -2.36. The molecular formula is C11H10BrF2NO2. The Labute approximate surface area is 105 Å². The van der Waals surface area contributed by atoms with E-state index in [2.05, 4.69) is 15.9 Å². The van der Waals surface area contributed by atoms with E-state index in [1.807, 2.05) is 0 Å². The van der Waals surface area contributed by atoms with Crippen LogP contribution in [-0.4, -0.2) is 24.1 Å². The van der Waals surface area contributed by atoms with Gasteiger partial charge in [0.25, 0.3) is 5.91 Å². The van der Waals surface area contributed by atoms with Crippen molar-refractivity contribution >= 4 is 21.8 Å². The fourth-order valence-electron chi connectivity index (χ4n) is 1.63. The van der Waals surface area contributed by atoms with Crippen molar-refractivity contribution in [1.29, 1.82) is 0 Å². The molecular weight excluding hydrogens is 296 g/mol. The summed E-state index contributed by atoms with van der Waals surface area (Å²) in [5.74, 6) is -2.56. The second-order valence-corrected chi connectivity index (χ2v) is 4.61. The van der Waals surface area contributed by atoms with Gasteiger partial charge in [-0.3, -0.25) is 9.63 Å². The van der Waals surface area contributed by atoms with Crippen LogP contribution in [0.25, 0.3) is 0 Å². The first-order chi connectivity index (χ1) is 8.09. The molecule has 1 heterocycles. The molecule has 6 heteroatoms. The predicted octanol–water partition coefficient (Wildman–Crippen LogP) is 2.89. The molecule has 92 valence electrons. The Morgan fingerprint density at radius 2 is 1.94 bits per heavy atom. The van der Waals surface area contributed by atoms with Crippen LogP contribution in [0, 0.1) is 11.6 Å². The van der Waals surface area contributed by atoms with Crippen LogP contribution in [-0.2, 0) is 4.84 Å². The molecule has 1 saturated heterocycles. The van der Waals surface area contributed by atoms with Crippen LogP contribution in [0.3, 0.4) is 0 Å². The molecule has 0 radical (unpaired) electrons. The van der Waals surface area contributed by atoms with E-state index in [1.54, 1.807) is 0 Å². The lowest BCUT2D eigenvalue weighted by atomic mass is 10.1. The van der Waals surface area contributed by atoms with E-state index < -0.39 is 23.1 Å². The normalized spacial score (nSPS) is 16.1. The van der Waals surface area contributed by atoms with Crippen molar-refractivity contribution in [2.45, 2.75) is 12.8 Å². The van der Waals surface area contributed by atoms with Crippen molar-refractivity contribution in [2.75, 3.05) is 13.2 Å². The zero-order chi connectivity index (χ0) is 12.4. The van der Waals surface area contributed by atoms with Gasteiger partial charge in [-0.25, -0.2) is 13.8 Å². The van der Waals surface area contributed by atoms with Crippen LogP contribution in [0.5, 0.6) is 0 Å². The van der Waals surface area contributed by atoms with Gasteiger partial charge in [-0.1, -0.05) is 15.9 Å². The van der Waals surface area contributed by atoms with Crippen molar-refractivity contribution in [2.24, 2.45) is 0 Å². The third kappa shape index (κ3) is 2.63. The summed E-state index contributed by atoms with van der Waals surface area (Å²) in [6.45, 7) is 0.749. The predicted molar refractivity (Wildman–Crippen MR) is 60.3 cm³/mol. The van der Waals surface area contributed by atoms with E-state index in [4.69, 9.17) is 4.84 Å². The fourth-order valence-corrected chi connectivity index (χ4v) is 2.03. The van der Waals surface area contributed by atoms with Gasteiger partial charge in [0.2, 0.25) is 0 Å². The van der Waals surface area contributed by atoms with Gasteiger partial charge in [0.1, 0.15) is 17.2 Å². The Kier molecular flexibility index (Phi) is 3.73. The molecule has 0 aliphatic carbocycles. The highest BCUT2D eigenvalue weighted by Crippen LogP contribution is 2.22. The van der Waals surface area contributed by atoms with Crippen LogP contribution in [0.2, 0.25) is 0 Å². The molecule has 2 rings (SSSR count). The number of amides is 1. The van der Waals surface area contributed by atoms with Gasteiger partial charge in [0, 0.05) is 11.0 Å². The van der Waals surface area contributed by atoms with Gasteiger partial charge < -0.3 is 0 Å². The van der Waals surface area contributed by atoms with Gasteiger partial charge in [-0.2, -0.15) is 0 Å². The van der Waals surface area contributed by atoms with E-state index in [-0.39, 0.29) is 4.47 Å². The summed E-state index contributed by atoms with van der Waals surface area (Å²) in [6, 6.07) is 2.11. The van der Waals surface area contributed by atoms with Crippen molar-refractivity contribution in [3.05, 3.63) is 33.8 Å². The third-order valence-corrected chi connectivity index (χ3v) is 2.91. The smallest absolute Gasteiger partial charge is 0.271 e. The van der Waals surface area contributed by atoms with Gasteiger partial charge >= 0.3 is 0 Å². The van der Waals surface area contributed by atoms with Crippen molar-refractivity contribution in [3.63, 3.8) is 0 Å². The van der Waals surface area contributed by atoms with Crippen LogP contribution in [0.15, 0.2) is 16.6 Å². The number of hydroxylamine groups is 2. The first-order valence-corrected chi connectivity index (χ1v) is 5.98. The van der Waals surface area contributed by atoms with Crippen molar-refractivity contribution < 1.29 is 18.4 Å². The minimum Gasteiger partial charge on any atom is -0.271 e. The quantitative estimate of drug-likeness (QED) is 0.798. The number of carbonyl (C=O) groups excluding carboxylic acids is 1. The minimum atomic E-state index is -0.893. The second-order valence-electron chi connectivity index (χ2n) is 3.69. The number of hydrogen-bond donors (Lipinski definition) is 0. The first-order valence-electron chi connectivity index (χ1n) is 5.19. The number of hydrogen-bond acceptors (Lipinski definition) is 2. The Hall–Kier alpha value is -1.01.